The molecule has 0 fully saturated rings. The van der Waals surface area contributed by atoms with Crippen molar-refractivity contribution >= 4 is 16.3 Å². The molecule has 0 radical (unpaired) electrons. The molecule has 0 saturated heterocycles. The molecule has 3 rings (SSSR count). The van der Waals surface area contributed by atoms with E-state index in [1.54, 1.807) is 43.3 Å². The minimum absolute atomic E-state index is 0.188. The molecule has 1 aromatic heterocycles. The summed E-state index contributed by atoms with van der Waals surface area (Å²) in [5, 5.41) is 0. The van der Waals surface area contributed by atoms with E-state index in [2.05, 4.69) is 0 Å². The molecule has 0 bridgehead atoms. The highest BCUT2D eigenvalue weighted by Crippen LogP contribution is 2.29. The Bertz CT molecular complexity index is 943. The summed E-state index contributed by atoms with van der Waals surface area (Å²) in [6, 6.07) is 19.0. The van der Waals surface area contributed by atoms with Crippen LogP contribution in [0.15, 0.2) is 71.6 Å². The van der Waals surface area contributed by atoms with E-state index < -0.39 is 10.0 Å². The smallest absolute Gasteiger partial charge is 0.268 e. The molecule has 23 heavy (non-hydrogen) atoms. The van der Waals surface area contributed by atoms with E-state index in [1.165, 1.54) is 3.97 Å². The van der Waals surface area contributed by atoms with E-state index >= 15 is 0 Å². The molecule has 0 atom stereocenters. The highest BCUT2D eigenvalue weighted by atomic mass is 32.2. The first kappa shape index (κ1) is 15.2. The number of aldehydes is 1. The Balaban J connectivity index is 2.31. The number of benzene rings is 2. The number of nitrogens with zero attached hydrogens (tertiary/aromatic N) is 1. The van der Waals surface area contributed by atoms with Crippen molar-refractivity contribution in [1.29, 1.82) is 0 Å². The summed E-state index contributed by atoms with van der Waals surface area (Å²) in [5.41, 5.74) is 1.99. The van der Waals surface area contributed by atoms with Gasteiger partial charge in [-0.05, 0) is 30.7 Å². The third-order valence-electron chi connectivity index (χ3n) is 3.71. The highest BCUT2D eigenvalue weighted by Gasteiger charge is 2.24. The maximum absolute atomic E-state index is 13.0. The molecule has 0 unspecified atom stereocenters. The molecule has 4 nitrogen and oxygen atoms in total. The Morgan fingerprint density at radius 3 is 2.04 bits per heavy atom. The monoisotopic (exact) mass is 325 g/mol. The lowest BCUT2D eigenvalue weighted by Gasteiger charge is -2.13. The lowest BCUT2D eigenvalue weighted by Crippen LogP contribution is -2.15. The predicted molar refractivity (Wildman–Crippen MR) is 89.0 cm³/mol. The van der Waals surface area contributed by atoms with Gasteiger partial charge >= 0.3 is 0 Å². The third kappa shape index (κ3) is 2.59. The normalized spacial score (nSPS) is 11.3. The standard InChI is InChI=1S/C18H15NO3S/c1-14-16(13-20)12-18(15-8-4-2-5-9-15)19(14)23(21,22)17-10-6-3-7-11-17/h2-13H,1H3. The Kier molecular flexibility index (Phi) is 3.88. The summed E-state index contributed by atoms with van der Waals surface area (Å²) < 4.78 is 27.3. The fraction of sp³-hybridized carbons (Fsp3) is 0.0556. The van der Waals surface area contributed by atoms with E-state index in [1.807, 2.05) is 30.3 Å². The van der Waals surface area contributed by atoms with Crippen molar-refractivity contribution in [2.24, 2.45) is 0 Å². The molecule has 2 aromatic carbocycles. The van der Waals surface area contributed by atoms with Crippen LogP contribution in [0.1, 0.15) is 16.1 Å². The molecule has 5 heteroatoms. The van der Waals surface area contributed by atoms with Gasteiger partial charge in [-0.1, -0.05) is 48.5 Å². The fourth-order valence-corrected chi connectivity index (χ4v) is 4.14. The van der Waals surface area contributed by atoms with Gasteiger partial charge in [0.15, 0.2) is 6.29 Å². The van der Waals surface area contributed by atoms with Crippen molar-refractivity contribution in [3.8, 4) is 11.3 Å². The molecule has 0 aliphatic carbocycles. The lowest BCUT2D eigenvalue weighted by molar-refractivity contribution is 0.112. The van der Waals surface area contributed by atoms with Crippen LogP contribution in [0.25, 0.3) is 11.3 Å². The van der Waals surface area contributed by atoms with Gasteiger partial charge in [0.25, 0.3) is 10.0 Å². The largest absolute Gasteiger partial charge is 0.298 e. The average Bonchev–Trinajstić information content (AvgIpc) is 2.94. The van der Waals surface area contributed by atoms with Crippen molar-refractivity contribution in [2.45, 2.75) is 11.8 Å². The van der Waals surface area contributed by atoms with Crippen LogP contribution in [0.5, 0.6) is 0 Å². The van der Waals surface area contributed by atoms with Crippen molar-refractivity contribution in [3.05, 3.63) is 78.0 Å². The van der Waals surface area contributed by atoms with Crippen LogP contribution in [0, 0.1) is 6.92 Å². The topological polar surface area (TPSA) is 56.1 Å². The van der Waals surface area contributed by atoms with Crippen LogP contribution in [-0.2, 0) is 10.0 Å². The third-order valence-corrected chi connectivity index (χ3v) is 5.53. The van der Waals surface area contributed by atoms with Gasteiger partial charge in [0, 0.05) is 11.3 Å². The molecular formula is C18H15NO3S. The average molecular weight is 325 g/mol. The van der Waals surface area contributed by atoms with Gasteiger partial charge in [-0.2, -0.15) is 0 Å². The van der Waals surface area contributed by atoms with Crippen LogP contribution < -0.4 is 0 Å². The Hall–Kier alpha value is -2.66. The van der Waals surface area contributed by atoms with Crippen LogP contribution in [0.4, 0.5) is 0 Å². The van der Waals surface area contributed by atoms with E-state index in [9.17, 15) is 13.2 Å². The Labute approximate surface area is 135 Å². The first-order valence-corrected chi connectivity index (χ1v) is 8.53. The summed E-state index contributed by atoms with van der Waals surface area (Å²) in [7, 11) is -3.78. The minimum atomic E-state index is -3.78. The number of carbonyl (C=O) groups is 1. The molecule has 0 amide bonds. The van der Waals surface area contributed by atoms with Gasteiger partial charge in [0.1, 0.15) is 0 Å². The Morgan fingerprint density at radius 2 is 1.48 bits per heavy atom. The predicted octanol–water partition coefficient (Wildman–Crippen LogP) is 3.51. The number of hydrogen-bond acceptors (Lipinski definition) is 3. The lowest BCUT2D eigenvalue weighted by atomic mass is 10.1. The molecule has 3 aromatic rings. The molecule has 116 valence electrons. The van der Waals surface area contributed by atoms with Gasteiger partial charge in [-0.15, -0.1) is 0 Å². The van der Waals surface area contributed by atoms with Gasteiger partial charge in [-0.25, -0.2) is 12.4 Å². The maximum atomic E-state index is 13.0. The van der Waals surface area contributed by atoms with Crippen molar-refractivity contribution in [3.63, 3.8) is 0 Å². The Morgan fingerprint density at radius 1 is 0.913 bits per heavy atom. The van der Waals surface area contributed by atoms with Crippen LogP contribution >= 0.6 is 0 Å². The SMILES string of the molecule is Cc1c(C=O)cc(-c2ccccc2)n1S(=O)(=O)c1ccccc1. The van der Waals surface area contributed by atoms with Crippen molar-refractivity contribution in [1.82, 2.24) is 3.97 Å². The van der Waals surface area contributed by atoms with Gasteiger partial charge in [0.2, 0.25) is 0 Å². The molecular weight excluding hydrogens is 310 g/mol. The maximum Gasteiger partial charge on any atom is 0.268 e. The van der Waals surface area contributed by atoms with E-state index in [4.69, 9.17) is 0 Å². The van der Waals surface area contributed by atoms with Gasteiger partial charge in [0.05, 0.1) is 10.6 Å². The second-order valence-corrected chi connectivity index (χ2v) is 6.92. The summed E-state index contributed by atoms with van der Waals surface area (Å²) in [6.45, 7) is 1.64. The number of rotatable bonds is 4. The number of hydrogen-bond donors (Lipinski definition) is 0. The summed E-state index contributed by atoms with van der Waals surface area (Å²) in [6.07, 6.45) is 0.679. The second kappa shape index (κ2) is 5.85. The van der Waals surface area contributed by atoms with Gasteiger partial charge < -0.3 is 0 Å². The minimum Gasteiger partial charge on any atom is -0.298 e. The number of carbonyl (C=O) groups excluding carboxylic acids is 1. The van der Waals surface area contributed by atoms with E-state index in [-0.39, 0.29) is 4.90 Å². The van der Waals surface area contributed by atoms with Crippen molar-refractivity contribution in [2.75, 3.05) is 0 Å². The first-order chi connectivity index (χ1) is 11.1. The summed E-state index contributed by atoms with van der Waals surface area (Å²) >= 11 is 0. The number of aromatic nitrogens is 1. The quantitative estimate of drug-likeness (QED) is 0.690. The fourth-order valence-electron chi connectivity index (χ4n) is 2.54. The van der Waals surface area contributed by atoms with Crippen molar-refractivity contribution < 1.29 is 13.2 Å². The molecule has 0 aliphatic rings. The summed E-state index contributed by atoms with van der Waals surface area (Å²) in [4.78, 5) is 11.5. The van der Waals surface area contributed by atoms with Crippen LogP contribution in [0.2, 0.25) is 0 Å². The van der Waals surface area contributed by atoms with E-state index in [0.717, 1.165) is 5.56 Å². The van der Waals surface area contributed by atoms with Gasteiger partial charge in [-0.3, -0.25) is 4.79 Å². The molecule has 1 heterocycles. The zero-order chi connectivity index (χ0) is 16.4. The molecule has 0 N–H and O–H groups in total. The zero-order valence-electron chi connectivity index (χ0n) is 12.5. The molecule has 0 saturated carbocycles. The second-order valence-electron chi connectivity index (χ2n) is 5.14. The summed E-state index contributed by atoms with van der Waals surface area (Å²) in [5.74, 6) is 0. The highest BCUT2D eigenvalue weighted by molar-refractivity contribution is 7.90. The molecule has 0 aliphatic heterocycles. The molecule has 0 spiro atoms. The zero-order valence-corrected chi connectivity index (χ0v) is 13.3. The first-order valence-electron chi connectivity index (χ1n) is 7.09. The van der Waals surface area contributed by atoms with Crippen LogP contribution in [-0.4, -0.2) is 18.7 Å². The van der Waals surface area contributed by atoms with Crippen LogP contribution in [0.3, 0.4) is 0 Å². The van der Waals surface area contributed by atoms with E-state index in [0.29, 0.717) is 23.2 Å².